The van der Waals surface area contributed by atoms with Crippen LogP contribution in [0.2, 0.25) is 0 Å². The maximum atomic E-state index is 6.59. The summed E-state index contributed by atoms with van der Waals surface area (Å²) in [5, 5.41) is 16.6. The predicted molar refractivity (Wildman–Crippen MR) is 254 cm³/mol. The van der Waals surface area contributed by atoms with Gasteiger partial charge in [0.2, 0.25) is 0 Å². The van der Waals surface area contributed by atoms with Crippen LogP contribution in [0.4, 0.5) is 0 Å². The number of fused-ring (bicyclic) bond motifs is 10. The molecule has 13 rings (SSSR count). The molecule has 0 saturated heterocycles. The zero-order valence-electron chi connectivity index (χ0n) is 33.4. The minimum absolute atomic E-state index is 0.783. The first-order valence-corrected chi connectivity index (χ1v) is 20.9. The molecule has 0 atom stereocenters. The summed E-state index contributed by atoms with van der Waals surface area (Å²) in [7, 11) is 0. The minimum Gasteiger partial charge on any atom is -0.455 e. The van der Waals surface area contributed by atoms with Crippen LogP contribution in [0.5, 0.6) is 0 Å². The van der Waals surface area contributed by atoms with Crippen LogP contribution >= 0.6 is 0 Å². The molecule has 290 valence electrons. The van der Waals surface area contributed by atoms with Crippen molar-refractivity contribution in [3.05, 3.63) is 212 Å². The molecule has 0 amide bonds. The van der Waals surface area contributed by atoms with Gasteiger partial charge >= 0.3 is 0 Å². The van der Waals surface area contributed by atoms with Crippen molar-refractivity contribution in [3.63, 3.8) is 0 Å². The fraction of sp³-hybridized carbons (Fsp3) is 0. The van der Waals surface area contributed by atoms with Gasteiger partial charge in [0.15, 0.2) is 11.6 Å². The summed E-state index contributed by atoms with van der Waals surface area (Å²) in [6.07, 6.45) is 0. The number of furan rings is 1. The smallest absolute Gasteiger partial charge is 0.168 e. The third-order valence-corrected chi connectivity index (χ3v) is 12.4. The average molecular weight is 794 g/mol. The molecule has 4 heterocycles. The Morgan fingerprint density at radius 2 is 0.871 bits per heavy atom. The molecule has 0 spiro atoms. The van der Waals surface area contributed by atoms with Gasteiger partial charge in [0, 0.05) is 49.4 Å². The Balaban J connectivity index is 1.01. The molecule has 62 heavy (non-hydrogen) atoms. The number of nitrogens with zero attached hydrogens (tertiary/aromatic N) is 5. The van der Waals surface area contributed by atoms with Crippen LogP contribution < -0.4 is 0 Å². The fourth-order valence-electron chi connectivity index (χ4n) is 9.67. The quantitative estimate of drug-likeness (QED) is 0.168. The van der Waals surface area contributed by atoms with E-state index in [2.05, 4.69) is 208 Å². The number of hydrogen-bond donors (Lipinski definition) is 0. The maximum absolute atomic E-state index is 6.59. The molecule has 0 fully saturated rings. The number of para-hydroxylation sites is 4. The van der Waals surface area contributed by atoms with E-state index in [1.54, 1.807) is 0 Å². The van der Waals surface area contributed by atoms with Crippen molar-refractivity contribution < 1.29 is 4.42 Å². The second-order valence-electron chi connectivity index (χ2n) is 15.8. The first-order chi connectivity index (χ1) is 30.8. The van der Waals surface area contributed by atoms with Gasteiger partial charge in [-0.25, -0.2) is 0 Å². The molecule has 0 radical (unpaired) electrons. The fourth-order valence-corrected chi connectivity index (χ4v) is 9.67. The molecular formula is C56H35N5O. The van der Waals surface area contributed by atoms with E-state index >= 15 is 0 Å². The number of rotatable bonds is 6. The van der Waals surface area contributed by atoms with Crippen LogP contribution in [0, 0.1) is 0 Å². The molecule has 6 nitrogen and oxygen atoms in total. The van der Waals surface area contributed by atoms with E-state index in [1.165, 1.54) is 10.8 Å². The summed E-state index contributed by atoms with van der Waals surface area (Å²) >= 11 is 0. The highest BCUT2D eigenvalue weighted by Crippen LogP contribution is 2.42. The first kappa shape index (κ1) is 34.4. The molecule has 6 heteroatoms. The molecule has 0 unspecified atom stereocenters. The zero-order chi connectivity index (χ0) is 40.7. The average Bonchev–Trinajstić information content (AvgIpc) is 4.12. The van der Waals surface area contributed by atoms with Crippen LogP contribution in [0.3, 0.4) is 0 Å². The lowest BCUT2D eigenvalue weighted by Crippen LogP contribution is -2.04. The monoisotopic (exact) mass is 793 g/mol. The SMILES string of the molecule is c1ccc(-c2nnc(-c3ccccc3)n2-c2cccc3c4ccccc4n(-c4cccc(-c5cccc(-n6c7ccccc7c7c8oc9ccccc9c8ccc76)c5)c4)c23)cc1. The molecule has 4 aromatic heterocycles. The summed E-state index contributed by atoms with van der Waals surface area (Å²) in [4.78, 5) is 0. The van der Waals surface area contributed by atoms with Crippen LogP contribution in [0.1, 0.15) is 0 Å². The van der Waals surface area contributed by atoms with E-state index in [1.807, 2.05) is 18.2 Å². The molecule has 0 N–H and O–H groups in total. The van der Waals surface area contributed by atoms with Crippen molar-refractivity contribution in [2.45, 2.75) is 0 Å². The van der Waals surface area contributed by atoms with Gasteiger partial charge in [-0.15, -0.1) is 10.2 Å². The Hall–Kier alpha value is -8.48. The first-order valence-electron chi connectivity index (χ1n) is 20.9. The summed E-state index contributed by atoms with van der Waals surface area (Å²) < 4.78 is 13.6. The second-order valence-corrected chi connectivity index (χ2v) is 15.8. The van der Waals surface area contributed by atoms with Crippen molar-refractivity contribution >= 4 is 65.6 Å². The lowest BCUT2D eigenvalue weighted by atomic mass is 10.0. The highest BCUT2D eigenvalue weighted by atomic mass is 16.3. The third-order valence-electron chi connectivity index (χ3n) is 12.4. The molecule has 0 aliphatic carbocycles. The lowest BCUT2D eigenvalue weighted by molar-refractivity contribution is 0.673. The Kier molecular flexibility index (Phi) is 7.50. The highest BCUT2D eigenvalue weighted by Gasteiger charge is 2.24. The number of aromatic nitrogens is 5. The zero-order valence-corrected chi connectivity index (χ0v) is 33.4. The van der Waals surface area contributed by atoms with E-state index in [-0.39, 0.29) is 0 Å². The van der Waals surface area contributed by atoms with Crippen molar-refractivity contribution in [1.29, 1.82) is 0 Å². The summed E-state index contributed by atoms with van der Waals surface area (Å²) in [6.45, 7) is 0. The third kappa shape index (κ3) is 5.10. The highest BCUT2D eigenvalue weighted by molar-refractivity contribution is 6.24. The van der Waals surface area contributed by atoms with Gasteiger partial charge in [-0.1, -0.05) is 152 Å². The Morgan fingerprint density at radius 3 is 1.56 bits per heavy atom. The van der Waals surface area contributed by atoms with Gasteiger partial charge in [-0.05, 0) is 71.8 Å². The van der Waals surface area contributed by atoms with Crippen molar-refractivity contribution in [2.75, 3.05) is 0 Å². The molecule has 0 aliphatic rings. The summed E-state index contributed by atoms with van der Waals surface area (Å²) in [6, 6.07) is 75.1. The summed E-state index contributed by atoms with van der Waals surface area (Å²) in [5.41, 5.74) is 13.7. The van der Waals surface area contributed by atoms with Crippen molar-refractivity contribution in [2.24, 2.45) is 0 Å². The Morgan fingerprint density at radius 1 is 0.339 bits per heavy atom. The second kappa shape index (κ2) is 13.5. The van der Waals surface area contributed by atoms with Gasteiger partial charge in [0.25, 0.3) is 0 Å². The van der Waals surface area contributed by atoms with Crippen molar-refractivity contribution in [1.82, 2.24) is 23.9 Å². The predicted octanol–water partition coefficient (Wildman–Crippen LogP) is 14.4. The molecular weight excluding hydrogens is 759 g/mol. The Bertz CT molecular complexity index is 3810. The van der Waals surface area contributed by atoms with Gasteiger partial charge < -0.3 is 13.6 Å². The van der Waals surface area contributed by atoms with Gasteiger partial charge in [0.1, 0.15) is 11.2 Å². The molecule has 13 aromatic rings. The largest absolute Gasteiger partial charge is 0.455 e. The Labute approximate surface area is 355 Å². The van der Waals surface area contributed by atoms with E-state index < -0.39 is 0 Å². The van der Waals surface area contributed by atoms with E-state index in [9.17, 15) is 0 Å². The number of hydrogen-bond acceptors (Lipinski definition) is 3. The topological polar surface area (TPSA) is 53.7 Å². The standard InChI is InChI=1S/C56H35N5O/c1-3-16-36(17-4-1)55-57-58-56(37-18-5-2-6-19-37)61(55)50-30-15-27-44-42-24-7-10-28-47(42)60(53(44)50)41-23-14-21-39(35-41)38-20-13-22-40(34-38)59-48-29-11-8-26-46(48)52-49(59)33-32-45-43-25-9-12-31-51(43)62-54(45)52/h1-35H. The summed E-state index contributed by atoms with van der Waals surface area (Å²) in [5.74, 6) is 1.57. The van der Waals surface area contributed by atoms with Gasteiger partial charge in [-0.2, -0.15) is 0 Å². The normalized spacial score (nSPS) is 11.9. The van der Waals surface area contributed by atoms with Crippen LogP contribution in [-0.4, -0.2) is 23.9 Å². The maximum Gasteiger partial charge on any atom is 0.168 e. The van der Waals surface area contributed by atoms with E-state index in [0.717, 1.165) is 106 Å². The van der Waals surface area contributed by atoms with Crippen LogP contribution in [0.25, 0.3) is 117 Å². The molecule has 9 aromatic carbocycles. The molecule has 0 aliphatic heterocycles. The minimum atomic E-state index is 0.783. The molecule has 0 bridgehead atoms. The van der Waals surface area contributed by atoms with E-state index in [4.69, 9.17) is 14.6 Å². The van der Waals surface area contributed by atoms with Crippen LogP contribution in [0.15, 0.2) is 217 Å². The van der Waals surface area contributed by atoms with Crippen LogP contribution in [-0.2, 0) is 0 Å². The van der Waals surface area contributed by atoms with Crippen molar-refractivity contribution in [3.8, 4) is 51.0 Å². The van der Waals surface area contributed by atoms with E-state index in [0.29, 0.717) is 0 Å². The van der Waals surface area contributed by atoms with Gasteiger partial charge in [-0.3, -0.25) is 4.57 Å². The number of benzene rings is 9. The lowest BCUT2D eigenvalue weighted by Gasteiger charge is -2.16. The van der Waals surface area contributed by atoms with Gasteiger partial charge in [0.05, 0.1) is 33.1 Å². The molecule has 0 saturated carbocycles.